The fraction of sp³-hybridized carbons (Fsp3) is 0.280. The molecule has 8 nitrogen and oxygen atoms in total. The summed E-state index contributed by atoms with van der Waals surface area (Å²) in [7, 11) is 2.17. The van der Waals surface area contributed by atoms with Gasteiger partial charge in [0.15, 0.2) is 0 Å². The van der Waals surface area contributed by atoms with E-state index < -0.39 is 0 Å². The van der Waals surface area contributed by atoms with E-state index in [-0.39, 0.29) is 0 Å². The summed E-state index contributed by atoms with van der Waals surface area (Å²) in [5, 5.41) is 8.13. The van der Waals surface area contributed by atoms with E-state index in [2.05, 4.69) is 57.3 Å². The van der Waals surface area contributed by atoms with E-state index in [4.69, 9.17) is 10.1 Å². The fourth-order valence-electron chi connectivity index (χ4n) is 4.03. The zero-order valence-corrected chi connectivity index (χ0v) is 19.0. The molecular formula is C25H28N8. The maximum Gasteiger partial charge on any atom is 0.227 e. The summed E-state index contributed by atoms with van der Waals surface area (Å²) in [5.74, 6) is 0.560. The van der Waals surface area contributed by atoms with Gasteiger partial charge in [0.2, 0.25) is 5.95 Å². The minimum atomic E-state index is 0.560. The van der Waals surface area contributed by atoms with Crippen LogP contribution in [0.15, 0.2) is 67.3 Å². The highest BCUT2D eigenvalue weighted by molar-refractivity contribution is 5.78. The number of aromatic nitrogens is 5. The van der Waals surface area contributed by atoms with Gasteiger partial charge in [0, 0.05) is 80.0 Å². The first-order chi connectivity index (χ1) is 16.2. The van der Waals surface area contributed by atoms with E-state index >= 15 is 0 Å². The van der Waals surface area contributed by atoms with Crippen LogP contribution in [0.4, 0.5) is 17.3 Å². The molecule has 4 heterocycles. The Morgan fingerprint density at radius 3 is 2.67 bits per heavy atom. The molecule has 0 bridgehead atoms. The van der Waals surface area contributed by atoms with Crippen LogP contribution in [0.3, 0.4) is 0 Å². The Kier molecular flexibility index (Phi) is 5.99. The summed E-state index contributed by atoms with van der Waals surface area (Å²) in [4.78, 5) is 18.3. The molecule has 8 heteroatoms. The van der Waals surface area contributed by atoms with Crippen molar-refractivity contribution < 1.29 is 0 Å². The van der Waals surface area contributed by atoms with Crippen molar-refractivity contribution in [3.63, 3.8) is 0 Å². The summed E-state index contributed by atoms with van der Waals surface area (Å²) in [5.41, 5.74) is 5.80. The number of nitrogens with one attached hydrogen (secondary N) is 1. The van der Waals surface area contributed by atoms with Gasteiger partial charge in [-0.05, 0) is 50.4 Å². The molecule has 1 aliphatic heterocycles. The van der Waals surface area contributed by atoms with Gasteiger partial charge in [-0.2, -0.15) is 5.10 Å². The Balaban J connectivity index is 1.41. The lowest BCUT2D eigenvalue weighted by Crippen LogP contribution is -2.44. The zero-order chi connectivity index (χ0) is 22.6. The number of likely N-dealkylation sites (N-methyl/N-ethyl adjacent to an activating group) is 1. The molecule has 0 unspecified atom stereocenters. The van der Waals surface area contributed by atoms with E-state index in [0.717, 1.165) is 60.9 Å². The van der Waals surface area contributed by atoms with Crippen LogP contribution in [0, 0.1) is 0 Å². The third-order valence-electron chi connectivity index (χ3n) is 5.92. The predicted octanol–water partition coefficient (Wildman–Crippen LogP) is 3.92. The van der Waals surface area contributed by atoms with Gasteiger partial charge < -0.3 is 15.1 Å². The van der Waals surface area contributed by atoms with Gasteiger partial charge in [-0.25, -0.2) is 9.97 Å². The lowest BCUT2D eigenvalue weighted by molar-refractivity contribution is 0.313. The number of pyridine rings is 1. The zero-order valence-electron chi connectivity index (χ0n) is 19.0. The predicted molar refractivity (Wildman–Crippen MR) is 132 cm³/mol. The number of rotatable bonds is 6. The Bertz CT molecular complexity index is 1210. The molecule has 0 saturated carbocycles. The largest absolute Gasteiger partial charge is 0.369 e. The van der Waals surface area contributed by atoms with Crippen LogP contribution >= 0.6 is 0 Å². The first kappa shape index (κ1) is 21.1. The summed E-state index contributed by atoms with van der Waals surface area (Å²) >= 11 is 0. The normalized spacial score (nSPS) is 14.4. The van der Waals surface area contributed by atoms with Gasteiger partial charge in [0.25, 0.3) is 0 Å². The highest BCUT2D eigenvalue weighted by Gasteiger charge is 2.16. The van der Waals surface area contributed by atoms with Crippen molar-refractivity contribution in [1.82, 2.24) is 29.6 Å². The monoisotopic (exact) mass is 440 g/mol. The number of anilines is 3. The molecule has 0 aliphatic carbocycles. The Hall–Kier alpha value is -3.78. The highest BCUT2D eigenvalue weighted by Crippen LogP contribution is 2.30. The number of nitrogens with zero attached hydrogens (tertiary/aromatic N) is 7. The SMILES string of the molecule is CCn1cc(-c2ccnc(Nc3cccc(N4CCN(C)CC4)c3)n2)c(-c2cccnc2)n1. The Morgan fingerprint density at radius 1 is 1.00 bits per heavy atom. The van der Waals surface area contributed by atoms with Gasteiger partial charge >= 0.3 is 0 Å². The molecule has 0 atom stereocenters. The molecular weight excluding hydrogens is 412 g/mol. The van der Waals surface area contributed by atoms with Gasteiger partial charge in [-0.15, -0.1) is 0 Å². The van der Waals surface area contributed by atoms with E-state index in [9.17, 15) is 0 Å². The van der Waals surface area contributed by atoms with Crippen molar-refractivity contribution in [3.8, 4) is 22.5 Å². The van der Waals surface area contributed by atoms with Gasteiger partial charge in [0.05, 0.1) is 5.69 Å². The molecule has 168 valence electrons. The van der Waals surface area contributed by atoms with Crippen LogP contribution in [0.5, 0.6) is 0 Å². The lowest BCUT2D eigenvalue weighted by atomic mass is 10.1. The quantitative estimate of drug-likeness (QED) is 0.487. The standard InChI is InChI=1S/C25H28N8/c1-3-33-18-22(24(30-33)19-6-5-10-26-17-19)23-9-11-27-25(29-23)28-20-7-4-8-21(16-20)32-14-12-31(2)13-15-32/h4-11,16-18H,3,12-15H2,1-2H3,(H,27,28,29). The minimum absolute atomic E-state index is 0.560. The number of hydrogen-bond donors (Lipinski definition) is 1. The molecule has 1 fully saturated rings. The van der Waals surface area contributed by atoms with E-state index in [1.807, 2.05) is 41.3 Å². The van der Waals surface area contributed by atoms with E-state index in [1.165, 1.54) is 5.69 Å². The van der Waals surface area contributed by atoms with Crippen LogP contribution < -0.4 is 10.2 Å². The highest BCUT2D eigenvalue weighted by atomic mass is 15.3. The third-order valence-corrected chi connectivity index (χ3v) is 5.92. The molecule has 1 aromatic carbocycles. The molecule has 0 radical (unpaired) electrons. The number of aryl methyl sites for hydroxylation is 1. The Morgan fingerprint density at radius 2 is 1.88 bits per heavy atom. The smallest absolute Gasteiger partial charge is 0.227 e. The molecule has 4 aromatic rings. The van der Waals surface area contributed by atoms with Crippen molar-refractivity contribution >= 4 is 17.3 Å². The molecule has 1 saturated heterocycles. The van der Waals surface area contributed by atoms with Gasteiger partial charge in [0.1, 0.15) is 5.69 Å². The van der Waals surface area contributed by atoms with Crippen molar-refractivity contribution in [1.29, 1.82) is 0 Å². The second kappa shape index (κ2) is 9.38. The van der Waals surface area contributed by atoms with Crippen molar-refractivity contribution in [3.05, 3.63) is 67.3 Å². The minimum Gasteiger partial charge on any atom is -0.369 e. The third kappa shape index (κ3) is 4.70. The molecule has 3 aromatic heterocycles. The maximum absolute atomic E-state index is 4.81. The first-order valence-electron chi connectivity index (χ1n) is 11.3. The average molecular weight is 441 g/mol. The van der Waals surface area contributed by atoms with Crippen molar-refractivity contribution in [2.24, 2.45) is 0 Å². The van der Waals surface area contributed by atoms with Crippen molar-refractivity contribution in [2.75, 3.05) is 43.4 Å². The molecule has 0 spiro atoms. The molecule has 1 aliphatic rings. The lowest BCUT2D eigenvalue weighted by Gasteiger charge is -2.34. The van der Waals surface area contributed by atoms with E-state index in [0.29, 0.717) is 5.95 Å². The fourth-order valence-corrected chi connectivity index (χ4v) is 4.03. The second-order valence-corrected chi connectivity index (χ2v) is 8.22. The van der Waals surface area contributed by atoms with Crippen LogP contribution in [0.1, 0.15) is 6.92 Å². The summed E-state index contributed by atoms with van der Waals surface area (Å²) in [6.45, 7) is 7.07. The molecule has 0 amide bonds. The Labute approximate surface area is 193 Å². The topological polar surface area (TPSA) is 75.0 Å². The van der Waals surface area contributed by atoms with Crippen LogP contribution in [-0.2, 0) is 6.54 Å². The van der Waals surface area contributed by atoms with Crippen LogP contribution in [-0.4, -0.2) is 62.9 Å². The van der Waals surface area contributed by atoms with Crippen molar-refractivity contribution in [2.45, 2.75) is 13.5 Å². The number of benzene rings is 1. The number of piperazine rings is 1. The summed E-state index contributed by atoms with van der Waals surface area (Å²) < 4.78 is 1.92. The van der Waals surface area contributed by atoms with Crippen LogP contribution in [0.2, 0.25) is 0 Å². The second-order valence-electron chi connectivity index (χ2n) is 8.22. The molecule has 33 heavy (non-hydrogen) atoms. The average Bonchev–Trinajstić information content (AvgIpc) is 3.30. The van der Waals surface area contributed by atoms with Crippen LogP contribution in [0.25, 0.3) is 22.5 Å². The van der Waals surface area contributed by atoms with Gasteiger partial charge in [-0.1, -0.05) is 6.07 Å². The summed E-state index contributed by atoms with van der Waals surface area (Å²) in [6, 6.07) is 14.3. The number of hydrogen-bond acceptors (Lipinski definition) is 7. The first-order valence-corrected chi connectivity index (χ1v) is 11.3. The van der Waals surface area contributed by atoms with Gasteiger partial charge in [-0.3, -0.25) is 9.67 Å². The summed E-state index contributed by atoms with van der Waals surface area (Å²) in [6.07, 6.45) is 7.41. The molecule has 5 rings (SSSR count). The maximum atomic E-state index is 4.81. The van der Waals surface area contributed by atoms with E-state index in [1.54, 1.807) is 12.4 Å². The molecule has 1 N–H and O–H groups in total.